The quantitative estimate of drug-likeness (QED) is 0.790. The zero-order valence-corrected chi connectivity index (χ0v) is 13.0. The van der Waals surface area contributed by atoms with Gasteiger partial charge in [0.25, 0.3) is 0 Å². The lowest BCUT2D eigenvalue weighted by atomic mass is 10.2. The first-order valence-electron chi connectivity index (χ1n) is 6.99. The normalized spacial score (nSPS) is 10.3. The van der Waals surface area contributed by atoms with Crippen LogP contribution in [0.3, 0.4) is 0 Å². The molecule has 0 spiro atoms. The Morgan fingerprint density at radius 1 is 1.23 bits per heavy atom. The van der Waals surface area contributed by atoms with Gasteiger partial charge in [-0.1, -0.05) is 11.6 Å². The third kappa shape index (κ3) is 5.04. The van der Waals surface area contributed by atoms with Crippen LogP contribution in [0.1, 0.15) is 18.4 Å². The maximum atomic E-state index is 12.7. The molecule has 2 aromatic carbocycles. The molecule has 0 aliphatic carbocycles. The number of aryl methyl sites for hydroxylation is 1. The molecule has 0 unspecified atom stereocenters. The second-order valence-corrected chi connectivity index (χ2v) is 5.33. The van der Waals surface area contributed by atoms with Crippen molar-refractivity contribution < 1.29 is 13.9 Å². The maximum Gasteiger partial charge on any atom is 0.224 e. The van der Waals surface area contributed by atoms with Gasteiger partial charge in [0.05, 0.1) is 6.61 Å². The van der Waals surface area contributed by atoms with Gasteiger partial charge in [0, 0.05) is 17.1 Å². The largest absolute Gasteiger partial charge is 0.494 e. The second-order valence-electron chi connectivity index (χ2n) is 4.92. The highest BCUT2D eigenvalue weighted by Crippen LogP contribution is 2.21. The van der Waals surface area contributed by atoms with Gasteiger partial charge < -0.3 is 10.1 Å². The zero-order chi connectivity index (χ0) is 15.9. The summed E-state index contributed by atoms with van der Waals surface area (Å²) in [5.74, 6) is 0.285. The molecule has 22 heavy (non-hydrogen) atoms. The Balaban J connectivity index is 1.70. The van der Waals surface area contributed by atoms with E-state index in [2.05, 4.69) is 5.32 Å². The fourth-order valence-electron chi connectivity index (χ4n) is 1.89. The second kappa shape index (κ2) is 7.80. The van der Waals surface area contributed by atoms with Gasteiger partial charge in [-0.15, -0.1) is 0 Å². The minimum absolute atomic E-state index is 0.123. The lowest BCUT2D eigenvalue weighted by molar-refractivity contribution is -0.116. The van der Waals surface area contributed by atoms with E-state index in [1.54, 1.807) is 12.1 Å². The molecule has 1 amide bonds. The highest BCUT2D eigenvalue weighted by molar-refractivity contribution is 6.31. The summed E-state index contributed by atoms with van der Waals surface area (Å²) in [6, 6.07) is 11.1. The van der Waals surface area contributed by atoms with Crippen molar-refractivity contribution in [3.63, 3.8) is 0 Å². The molecule has 2 rings (SSSR count). The van der Waals surface area contributed by atoms with Gasteiger partial charge in [-0.3, -0.25) is 4.79 Å². The molecule has 0 aliphatic heterocycles. The number of amides is 1. The molecule has 0 saturated heterocycles. The Hall–Kier alpha value is -2.07. The average molecular weight is 322 g/mol. The van der Waals surface area contributed by atoms with Gasteiger partial charge in [0.1, 0.15) is 11.6 Å². The number of hydrogen-bond acceptors (Lipinski definition) is 2. The first-order chi connectivity index (χ1) is 10.5. The standard InChI is InChI=1S/C17H17ClFNO2/c1-12-11-15(8-9-16(12)18)22-10-2-3-17(21)20-14-6-4-13(19)5-7-14/h4-9,11H,2-3,10H2,1H3,(H,20,21). The minimum Gasteiger partial charge on any atom is -0.494 e. The van der Waals surface area contributed by atoms with E-state index in [1.807, 2.05) is 13.0 Å². The number of carbonyl (C=O) groups is 1. The van der Waals surface area contributed by atoms with Crippen LogP contribution in [0.4, 0.5) is 10.1 Å². The summed E-state index contributed by atoms with van der Waals surface area (Å²) < 4.78 is 18.3. The Bertz CT molecular complexity index is 644. The molecule has 0 aromatic heterocycles. The Morgan fingerprint density at radius 3 is 2.64 bits per heavy atom. The third-order valence-corrected chi connectivity index (χ3v) is 3.50. The molecule has 0 aliphatic rings. The van der Waals surface area contributed by atoms with Crippen molar-refractivity contribution in [1.29, 1.82) is 0 Å². The van der Waals surface area contributed by atoms with E-state index in [0.717, 1.165) is 11.3 Å². The van der Waals surface area contributed by atoms with Gasteiger partial charge in [0.15, 0.2) is 0 Å². The monoisotopic (exact) mass is 321 g/mol. The molecule has 0 radical (unpaired) electrons. The molecule has 0 bridgehead atoms. The van der Waals surface area contributed by atoms with Crippen molar-refractivity contribution in [3.05, 3.63) is 58.9 Å². The number of hydrogen-bond donors (Lipinski definition) is 1. The highest BCUT2D eigenvalue weighted by Gasteiger charge is 2.03. The minimum atomic E-state index is -0.329. The van der Waals surface area contributed by atoms with Crippen molar-refractivity contribution in [2.45, 2.75) is 19.8 Å². The van der Waals surface area contributed by atoms with E-state index < -0.39 is 0 Å². The first-order valence-corrected chi connectivity index (χ1v) is 7.37. The van der Waals surface area contributed by atoms with E-state index in [4.69, 9.17) is 16.3 Å². The van der Waals surface area contributed by atoms with Gasteiger partial charge >= 0.3 is 0 Å². The molecule has 3 nitrogen and oxygen atoms in total. The van der Waals surface area contributed by atoms with Crippen LogP contribution in [0.15, 0.2) is 42.5 Å². The Kier molecular flexibility index (Phi) is 5.78. The van der Waals surface area contributed by atoms with Crippen molar-refractivity contribution >= 4 is 23.2 Å². The topological polar surface area (TPSA) is 38.3 Å². The van der Waals surface area contributed by atoms with Gasteiger partial charge in [-0.25, -0.2) is 4.39 Å². The molecular weight excluding hydrogens is 305 g/mol. The highest BCUT2D eigenvalue weighted by atomic mass is 35.5. The molecule has 0 heterocycles. The summed E-state index contributed by atoms with van der Waals surface area (Å²) in [6.07, 6.45) is 0.929. The number of halogens is 2. The summed E-state index contributed by atoms with van der Waals surface area (Å²) in [5.41, 5.74) is 1.54. The molecule has 5 heteroatoms. The number of carbonyl (C=O) groups excluding carboxylic acids is 1. The van der Waals surface area contributed by atoms with Crippen LogP contribution in [-0.2, 0) is 4.79 Å². The summed E-state index contributed by atoms with van der Waals surface area (Å²) >= 11 is 5.94. The van der Waals surface area contributed by atoms with Crippen LogP contribution in [0.5, 0.6) is 5.75 Å². The van der Waals surface area contributed by atoms with Gasteiger partial charge in [-0.05, 0) is 61.4 Å². The Morgan fingerprint density at radius 2 is 1.95 bits per heavy atom. The molecular formula is C17H17ClFNO2. The van der Waals surface area contributed by atoms with E-state index in [-0.39, 0.29) is 11.7 Å². The van der Waals surface area contributed by atoms with Crippen LogP contribution in [-0.4, -0.2) is 12.5 Å². The molecule has 2 aromatic rings. The fourth-order valence-corrected chi connectivity index (χ4v) is 2.00. The SMILES string of the molecule is Cc1cc(OCCCC(=O)Nc2ccc(F)cc2)ccc1Cl. The predicted octanol–water partition coefficient (Wildman–Crippen LogP) is 4.59. The lowest BCUT2D eigenvalue weighted by Gasteiger charge is -2.08. The van der Waals surface area contributed by atoms with Crippen LogP contribution < -0.4 is 10.1 Å². The lowest BCUT2D eigenvalue weighted by Crippen LogP contribution is -2.12. The summed E-state index contributed by atoms with van der Waals surface area (Å²) in [7, 11) is 0. The summed E-state index contributed by atoms with van der Waals surface area (Å²) in [5, 5.41) is 3.41. The summed E-state index contributed by atoms with van der Waals surface area (Å²) in [4.78, 5) is 11.7. The van der Waals surface area contributed by atoms with Crippen molar-refractivity contribution in [2.24, 2.45) is 0 Å². The van der Waals surface area contributed by atoms with Crippen LogP contribution in [0.2, 0.25) is 5.02 Å². The van der Waals surface area contributed by atoms with Crippen molar-refractivity contribution in [3.8, 4) is 5.75 Å². The average Bonchev–Trinajstić information content (AvgIpc) is 2.49. The number of rotatable bonds is 6. The van der Waals surface area contributed by atoms with Crippen LogP contribution in [0.25, 0.3) is 0 Å². The molecule has 0 atom stereocenters. The summed E-state index contributed by atoms with van der Waals surface area (Å²) in [6.45, 7) is 2.35. The van der Waals surface area contributed by atoms with E-state index in [0.29, 0.717) is 30.2 Å². The molecule has 0 saturated carbocycles. The number of anilines is 1. The first kappa shape index (κ1) is 16.3. The molecule has 1 N–H and O–H groups in total. The van der Waals surface area contributed by atoms with Crippen LogP contribution in [0, 0.1) is 12.7 Å². The number of benzene rings is 2. The third-order valence-electron chi connectivity index (χ3n) is 3.07. The fraction of sp³-hybridized carbons (Fsp3) is 0.235. The zero-order valence-electron chi connectivity index (χ0n) is 12.2. The van der Waals surface area contributed by atoms with E-state index in [9.17, 15) is 9.18 Å². The van der Waals surface area contributed by atoms with Gasteiger partial charge in [-0.2, -0.15) is 0 Å². The predicted molar refractivity (Wildman–Crippen MR) is 85.9 cm³/mol. The van der Waals surface area contributed by atoms with Crippen molar-refractivity contribution in [1.82, 2.24) is 0 Å². The number of nitrogens with one attached hydrogen (secondary N) is 1. The van der Waals surface area contributed by atoms with E-state index in [1.165, 1.54) is 24.3 Å². The molecule has 116 valence electrons. The Labute approximate surface area is 134 Å². The van der Waals surface area contributed by atoms with Gasteiger partial charge in [0.2, 0.25) is 5.91 Å². The van der Waals surface area contributed by atoms with E-state index >= 15 is 0 Å². The molecule has 0 fully saturated rings. The smallest absolute Gasteiger partial charge is 0.224 e. The van der Waals surface area contributed by atoms with Crippen LogP contribution >= 0.6 is 11.6 Å². The van der Waals surface area contributed by atoms with Crippen molar-refractivity contribution in [2.75, 3.05) is 11.9 Å². The number of ether oxygens (including phenoxy) is 1. The maximum absolute atomic E-state index is 12.7.